The van der Waals surface area contributed by atoms with Gasteiger partial charge in [-0.05, 0) is 32.9 Å². The van der Waals surface area contributed by atoms with Gasteiger partial charge >= 0.3 is 0 Å². The average molecular weight is 198 g/mol. The number of hydrogen-bond donors (Lipinski definition) is 0. The van der Waals surface area contributed by atoms with Crippen LogP contribution in [0.5, 0.6) is 0 Å². The van der Waals surface area contributed by atoms with Crippen LogP contribution in [0.25, 0.3) is 10.9 Å². The zero-order valence-corrected chi connectivity index (χ0v) is 9.49. The van der Waals surface area contributed by atoms with Crippen LogP contribution in [0.15, 0.2) is 18.2 Å². The van der Waals surface area contributed by atoms with Crippen molar-refractivity contribution in [3.63, 3.8) is 0 Å². The number of benzene rings is 1. The number of rotatable bonds is 2. The maximum absolute atomic E-state index is 5.63. The third-order valence-corrected chi connectivity index (χ3v) is 2.68. The molecule has 0 saturated heterocycles. The smallest absolute Gasteiger partial charge is 0.0716 e. The highest BCUT2D eigenvalue weighted by Gasteiger charge is 2.09. The van der Waals surface area contributed by atoms with Crippen LogP contribution in [0, 0.1) is 6.92 Å². The fourth-order valence-electron chi connectivity index (χ4n) is 1.86. The molecular formula is C12H15BN2. The third kappa shape index (κ3) is 1.67. The van der Waals surface area contributed by atoms with Crippen LogP contribution in [0.2, 0.25) is 0 Å². The Morgan fingerprint density at radius 2 is 2.13 bits per heavy atom. The number of fused-ring (bicyclic) bond motifs is 1. The Morgan fingerprint density at radius 3 is 2.73 bits per heavy atom. The molecule has 2 rings (SSSR count). The minimum atomic E-state index is 0.393. The summed E-state index contributed by atoms with van der Waals surface area (Å²) in [6.07, 6.45) is 0.586. The molecule has 0 saturated carbocycles. The lowest BCUT2D eigenvalue weighted by atomic mass is 9.96. The van der Waals surface area contributed by atoms with Crippen LogP contribution in [0.4, 0.5) is 0 Å². The van der Waals surface area contributed by atoms with Crippen molar-refractivity contribution in [2.24, 2.45) is 0 Å². The second kappa shape index (κ2) is 3.72. The lowest BCUT2D eigenvalue weighted by Gasteiger charge is -2.06. The fourth-order valence-corrected chi connectivity index (χ4v) is 1.86. The van der Waals surface area contributed by atoms with Gasteiger partial charge < -0.3 is 0 Å². The molecule has 0 amide bonds. The van der Waals surface area contributed by atoms with Crippen molar-refractivity contribution in [2.45, 2.75) is 33.1 Å². The quantitative estimate of drug-likeness (QED) is 0.678. The molecule has 76 valence electrons. The highest BCUT2D eigenvalue weighted by atomic mass is 15.3. The van der Waals surface area contributed by atoms with Gasteiger partial charge in [0.15, 0.2) is 0 Å². The number of hydrogen-bond acceptors (Lipinski definition) is 1. The Labute approximate surface area is 91.7 Å². The van der Waals surface area contributed by atoms with Crippen LogP contribution in [-0.2, 0) is 6.32 Å². The van der Waals surface area contributed by atoms with Crippen LogP contribution in [0.3, 0.4) is 0 Å². The summed E-state index contributed by atoms with van der Waals surface area (Å²) in [6.45, 7) is 6.33. The summed E-state index contributed by atoms with van der Waals surface area (Å²) in [7, 11) is 5.63. The molecule has 2 aromatic rings. The van der Waals surface area contributed by atoms with Crippen LogP contribution in [0.1, 0.15) is 31.1 Å². The van der Waals surface area contributed by atoms with Gasteiger partial charge in [-0.15, -0.1) is 0 Å². The molecule has 1 aromatic carbocycles. The van der Waals surface area contributed by atoms with Gasteiger partial charge in [-0.3, -0.25) is 4.68 Å². The first-order chi connectivity index (χ1) is 7.13. The van der Waals surface area contributed by atoms with E-state index in [0.717, 1.165) is 11.3 Å². The van der Waals surface area contributed by atoms with Crippen molar-refractivity contribution < 1.29 is 0 Å². The molecule has 0 spiro atoms. The second-order valence-corrected chi connectivity index (χ2v) is 4.18. The maximum atomic E-state index is 5.63. The molecule has 0 aliphatic carbocycles. The summed E-state index contributed by atoms with van der Waals surface area (Å²) in [4.78, 5) is 0. The molecular weight excluding hydrogens is 183 g/mol. The van der Waals surface area contributed by atoms with E-state index in [4.69, 9.17) is 7.85 Å². The molecule has 0 N–H and O–H groups in total. The van der Waals surface area contributed by atoms with E-state index in [1.54, 1.807) is 0 Å². The van der Waals surface area contributed by atoms with Crippen molar-refractivity contribution in [1.29, 1.82) is 0 Å². The van der Waals surface area contributed by atoms with Gasteiger partial charge in [0, 0.05) is 11.4 Å². The van der Waals surface area contributed by atoms with E-state index < -0.39 is 0 Å². The van der Waals surface area contributed by atoms with Gasteiger partial charge in [0.2, 0.25) is 0 Å². The summed E-state index contributed by atoms with van der Waals surface area (Å²) < 4.78 is 2.06. The van der Waals surface area contributed by atoms with E-state index in [-0.39, 0.29) is 0 Å². The SMILES string of the molecule is [B]Cc1ccc2c(c1)c(C)nn2C(C)C. The van der Waals surface area contributed by atoms with Crippen molar-refractivity contribution in [1.82, 2.24) is 9.78 Å². The second-order valence-electron chi connectivity index (χ2n) is 4.18. The standard InChI is InChI=1S/C12H15BN2/c1-8(2)15-12-5-4-10(7-13)6-11(12)9(3)14-15/h4-6,8H,7H2,1-3H3. The molecule has 3 heteroatoms. The topological polar surface area (TPSA) is 17.8 Å². The first-order valence-corrected chi connectivity index (χ1v) is 5.31. The van der Waals surface area contributed by atoms with Crippen molar-refractivity contribution in [3.05, 3.63) is 29.5 Å². The van der Waals surface area contributed by atoms with Gasteiger partial charge in [-0.2, -0.15) is 5.10 Å². The largest absolute Gasteiger partial charge is 0.262 e. The zero-order chi connectivity index (χ0) is 11.0. The number of aromatic nitrogens is 2. The van der Waals surface area contributed by atoms with Crippen LogP contribution in [-0.4, -0.2) is 17.6 Å². The molecule has 0 atom stereocenters. The molecule has 15 heavy (non-hydrogen) atoms. The van der Waals surface area contributed by atoms with Gasteiger partial charge in [0.25, 0.3) is 0 Å². The van der Waals surface area contributed by atoms with Crippen molar-refractivity contribution in [3.8, 4) is 0 Å². The van der Waals surface area contributed by atoms with Crippen LogP contribution >= 0.6 is 0 Å². The molecule has 0 aliphatic heterocycles. The molecule has 0 bridgehead atoms. The highest BCUT2D eigenvalue weighted by molar-refractivity contribution is 6.08. The maximum Gasteiger partial charge on any atom is 0.0716 e. The summed E-state index contributed by atoms with van der Waals surface area (Å²) in [5, 5.41) is 5.76. The Kier molecular flexibility index (Phi) is 2.55. The van der Waals surface area contributed by atoms with Gasteiger partial charge in [0.05, 0.1) is 19.1 Å². The fraction of sp³-hybridized carbons (Fsp3) is 0.417. The average Bonchev–Trinajstić information content (AvgIpc) is 2.56. The molecule has 1 heterocycles. The monoisotopic (exact) mass is 198 g/mol. The van der Waals surface area contributed by atoms with Gasteiger partial charge in [0.1, 0.15) is 0 Å². The Bertz CT molecular complexity index is 486. The molecule has 0 aliphatic rings. The first kappa shape index (κ1) is 10.3. The van der Waals surface area contributed by atoms with Gasteiger partial charge in [-0.25, -0.2) is 0 Å². The highest BCUT2D eigenvalue weighted by Crippen LogP contribution is 2.22. The van der Waals surface area contributed by atoms with Crippen LogP contribution < -0.4 is 0 Å². The molecule has 0 unspecified atom stereocenters. The summed E-state index contributed by atoms with van der Waals surface area (Å²) in [5.41, 5.74) is 3.43. The van der Waals surface area contributed by atoms with Gasteiger partial charge in [-0.1, -0.05) is 17.9 Å². The molecule has 0 fully saturated rings. The first-order valence-electron chi connectivity index (χ1n) is 5.31. The summed E-state index contributed by atoms with van der Waals surface area (Å²) in [6, 6.07) is 6.71. The third-order valence-electron chi connectivity index (χ3n) is 2.68. The normalized spacial score (nSPS) is 11.5. The van der Waals surface area contributed by atoms with E-state index in [9.17, 15) is 0 Å². The van der Waals surface area contributed by atoms with E-state index in [1.165, 1.54) is 10.9 Å². The molecule has 2 radical (unpaired) electrons. The lowest BCUT2D eigenvalue weighted by molar-refractivity contribution is 0.547. The number of nitrogens with zero attached hydrogens (tertiary/aromatic N) is 2. The predicted molar refractivity (Wildman–Crippen MR) is 64.3 cm³/mol. The van der Waals surface area contributed by atoms with E-state index >= 15 is 0 Å². The predicted octanol–water partition coefficient (Wildman–Crippen LogP) is 2.59. The Balaban J connectivity index is 2.69. The minimum Gasteiger partial charge on any atom is -0.262 e. The van der Waals surface area contributed by atoms with E-state index in [1.807, 2.05) is 6.92 Å². The van der Waals surface area contributed by atoms with Crippen molar-refractivity contribution >= 4 is 18.7 Å². The number of aryl methyl sites for hydroxylation is 1. The lowest BCUT2D eigenvalue weighted by Crippen LogP contribution is -2.02. The minimum absolute atomic E-state index is 0.393. The Morgan fingerprint density at radius 1 is 1.40 bits per heavy atom. The van der Waals surface area contributed by atoms with Crippen molar-refractivity contribution in [2.75, 3.05) is 0 Å². The summed E-state index contributed by atoms with van der Waals surface area (Å²) in [5.74, 6) is 0. The summed E-state index contributed by atoms with van der Waals surface area (Å²) >= 11 is 0. The molecule has 2 nitrogen and oxygen atoms in total. The zero-order valence-electron chi connectivity index (χ0n) is 9.49. The Hall–Kier alpha value is -1.25. The van der Waals surface area contributed by atoms with E-state index in [2.05, 4.69) is 41.8 Å². The molecule has 1 aromatic heterocycles. The van der Waals surface area contributed by atoms with E-state index in [0.29, 0.717) is 12.4 Å².